The summed E-state index contributed by atoms with van der Waals surface area (Å²) >= 11 is 0. The molecule has 1 aliphatic rings. The molecule has 0 bridgehead atoms. The van der Waals surface area contributed by atoms with E-state index in [1.165, 1.54) is 6.42 Å². The fraction of sp³-hybridized carbons (Fsp3) is 0.759. The number of ether oxygens (including phenoxy) is 3. The van der Waals surface area contributed by atoms with Crippen molar-refractivity contribution in [3.05, 3.63) is 23.8 Å². The van der Waals surface area contributed by atoms with Gasteiger partial charge >= 0.3 is 0 Å². The molecule has 228 valence electrons. The summed E-state index contributed by atoms with van der Waals surface area (Å²) in [5, 5.41) is 13.7. The van der Waals surface area contributed by atoms with E-state index in [0.29, 0.717) is 31.3 Å². The first kappa shape index (κ1) is 37.7. The molecular formula is C29H53Cl2N3O5. The molecule has 1 saturated heterocycles. The van der Waals surface area contributed by atoms with Gasteiger partial charge in [-0.1, -0.05) is 26.3 Å². The van der Waals surface area contributed by atoms with Gasteiger partial charge in [-0.25, -0.2) is 0 Å². The molecule has 39 heavy (non-hydrogen) atoms. The number of carbonyl (C=O) groups excluding carboxylic acids is 1. The summed E-state index contributed by atoms with van der Waals surface area (Å²) in [4.78, 5) is 15.2. The van der Waals surface area contributed by atoms with Crippen LogP contribution in [0.1, 0.15) is 65.4 Å². The highest BCUT2D eigenvalue weighted by molar-refractivity contribution is 5.86. The van der Waals surface area contributed by atoms with Gasteiger partial charge in [-0.05, 0) is 82.2 Å². The largest absolute Gasteiger partial charge is 0.493 e. The summed E-state index contributed by atoms with van der Waals surface area (Å²) in [6.07, 6.45) is 4.92. The number of benzene rings is 1. The van der Waals surface area contributed by atoms with E-state index in [-0.39, 0.29) is 43.2 Å². The van der Waals surface area contributed by atoms with E-state index < -0.39 is 17.7 Å². The first-order valence-corrected chi connectivity index (χ1v) is 13.9. The predicted octanol–water partition coefficient (Wildman–Crippen LogP) is 4.23. The van der Waals surface area contributed by atoms with Crippen molar-refractivity contribution in [1.82, 2.24) is 10.2 Å². The monoisotopic (exact) mass is 593 g/mol. The Morgan fingerprint density at radius 2 is 1.77 bits per heavy atom. The zero-order chi connectivity index (χ0) is 27.4. The minimum absolute atomic E-state index is 0. The number of carbonyl (C=O) groups is 1. The summed E-state index contributed by atoms with van der Waals surface area (Å²) in [7, 11) is 3.32. The topological polar surface area (TPSA) is 106 Å². The van der Waals surface area contributed by atoms with Crippen molar-refractivity contribution in [3.63, 3.8) is 0 Å². The van der Waals surface area contributed by atoms with Gasteiger partial charge in [-0.2, -0.15) is 0 Å². The second-order valence-electron chi connectivity index (χ2n) is 11.2. The molecule has 10 heteroatoms. The second kappa shape index (κ2) is 18.9. The minimum atomic E-state index is -0.807. The zero-order valence-electron chi connectivity index (χ0n) is 24.7. The van der Waals surface area contributed by atoms with Gasteiger partial charge in [0.1, 0.15) is 0 Å². The van der Waals surface area contributed by atoms with Crippen LogP contribution in [0, 0.1) is 11.8 Å². The highest BCUT2D eigenvalue weighted by atomic mass is 35.5. The van der Waals surface area contributed by atoms with E-state index in [2.05, 4.69) is 30.1 Å². The van der Waals surface area contributed by atoms with Gasteiger partial charge in [0.25, 0.3) is 0 Å². The van der Waals surface area contributed by atoms with Crippen LogP contribution in [-0.2, 0) is 16.0 Å². The lowest BCUT2D eigenvalue weighted by Crippen LogP contribution is -2.58. The van der Waals surface area contributed by atoms with Crippen molar-refractivity contribution in [2.45, 2.75) is 83.9 Å². The van der Waals surface area contributed by atoms with E-state index in [1.54, 1.807) is 14.2 Å². The van der Waals surface area contributed by atoms with E-state index in [9.17, 15) is 9.90 Å². The highest BCUT2D eigenvalue weighted by Gasteiger charge is 2.35. The van der Waals surface area contributed by atoms with Gasteiger partial charge in [-0.15, -0.1) is 24.8 Å². The van der Waals surface area contributed by atoms with Crippen LogP contribution in [0.3, 0.4) is 0 Å². The Morgan fingerprint density at radius 1 is 1.10 bits per heavy atom. The molecule has 8 nitrogen and oxygen atoms in total. The Kier molecular flexibility index (Phi) is 18.3. The van der Waals surface area contributed by atoms with Crippen LogP contribution in [-0.4, -0.2) is 80.7 Å². The first-order valence-electron chi connectivity index (χ1n) is 13.9. The van der Waals surface area contributed by atoms with Gasteiger partial charge in [-0.3, -0.25) is 9.69 Å². The molecule has 4 N–H and O–H groups in total. The van der Waals surface area contributed by atoms with E-state index in [0.717, 1.165) is 50.1 Å². The molecule has 1 heterocycles. The Morgan fingerprint density at radius 3 is 2.36 bits per heavy atom. The second-order valence-corrected chi connectivity index (χ2v) is 11.2. The van der Waals surface area contributed by atoms with Crippen LogP contribution in [0.25, 0.3) is 0 Å². The highest BCUT2D eigenvalue weighted by Crippen LogP contribution is 2.31. The number of aliphatic hydroxyl groups excluding tert-OH is 1. The Balaban J connectivity index is 0.00000722. The van der Waals surface area contributed by atoms with Crippen LogP contribution in [0.15, 0.2) is 18.2 Å². The van der Waals surface area contributed by atoms with Crippen LogP contribution in [0.5, 0.6) is 11.5 Å². The summed E-state index contributed by atoms with van der Waals surface area (Å²) in [6, 6.07) is 5.59. The lowest BCUT2D eigenvalue weighted by Gasteiger charge is -2.39. The van der Waals surface area contributed by atoms with Crippen molar-refractivity contribution in [3.8, 4) is 11.5 Å². The number of likely N-dealkylation sites (tertiary alicyclic amines) is 1. The standard InChI is InChI=1S/C29H51N3O5.2ClH/c1-21(2)23(17-22-11-12-26(36-6)27(18-22)37-16-10-15-35-5)19-24(30)25(33)20-31-28(34)29(3,4)32-13-8-7-9-14-32;;/h11-12,18,21,23-25,33H,7-10,13-17,19-20,30H2,1-6H3,(H,31,34);2*1H/t23-,24-,25-;;/m0../s1. The number of piperidine rings is 1. The molecule has 2 rings (SSSR count). The third kappa shape index (κ3) is 12.0. The minimum Gasteiger partial charge on any atom is -0.493 e. The summed E-state index contributed by atoms with van der Waals surface area (Å²) in [5.41, 5.74) is 6.99. The summed E-state index contributed by atoms with van der Waals surface area (Å²) in [5.74, 6) is 2.01. The van der Waals surface area contributed by atoms with Crippen molar-refractivity contribution in [2.24, 2.45) is 17.6 Å². The smallest absolute Gasteiger partial charge is 0.240 e. The van der Waals surface area contributed by atoms with E-state index in [4.69, 9.17) is 19.9 Å². The Bertz CT molecular complexity index is 822. The average molecular weight is 595 g/mol. The first-order chi connectivity index (χ1) is 17.6. The third-order valence-electron chi connectivity index (χ3n) is 7.66. The number of aliphatic hydroxyl groups is 1. The maximum Gasteiger partial charge on any atom is 0.240 e. The molecular weight excluding hydrogens is 541 g/mol. The molecule has 1 aromatic carbocycles. The summed E-state index contributed by atoms with van der Waals surface area (Å²) in [6.45, 7) is 11.5. The van der Waals surface area contributed by atoms with Crippen molar-refractivity contribution < 1.29 is 24.1 Å². The number of hydrogen-bond donors (Lipinski definition) is 3. The van der Waals surface area contributed by atoms with Gasteiger partial charge in [0, 0.05) is 32.7 Å². The number of nitrogens with two attached hydrogens (primary N) is 1. The molecule has 0 aromatic heterocycles. The van der Waals surface area contributed by atoms with Crippen LogP contribution in [0.2, 0.25) is 0 Å². The number of nitrogens with one attached hydrogen (secondary N) is 1. The molecule has 0 aliphatic carbocycles. The molecule has 0 radical (unpaired) electrons. The maximum atomic E-state index is 12.9. The molecule has 0 spiro atoms. The number of nitrogens with zero attached hydrogens (tertiary/aromatic N) is 1. The Labute approximate surface area is 248 Å². The van der Waals surface area contributed by atoms with Gasteiger partial charge in [0.2, 0.25) is 5.91 Å². The molecule has 1 aromatic rings. The molecule has 1 amide bonds. The molecule has 0 saturated carbocycles. The lowest BCUT2D eigenvalue weighted by atomic mass is 9.83. The zero-order valence-corrected chi connectivity index (χ0v) is 26.4. The fourth-order valence-corrected chi connectivity index (χ4v) is 4.91. The summed E-state index contributed by atoms with van der Waals surface area (Å²) < 4.78 is 16.5. The number of methoxy groups -OCH3 is 2. The van der Waals surface area contributed by atoms with Gasteiger partial charge in [0.15, 0.2) is 11.5 Å². The van der Waals surface area contributed by atoms with Crippen molar-refractivity contribution in [1.29, 1.82) is 0 Å². The van der Waals surface area contributed by atoms with Crippen LogP contribution >= 0.6 is 24.8 Å². The molecule has 3 atom stereocenters. The van der Waals surface area contributed by atoms with Crippen molar-refractivity contribution in [2.75, 3.05) is 47.1 Å². The average Bonchev–Trinajstić information content (AvgIpc) is 2.89. The Hall–Kier alpha value is -1.29. The number of halogens is 2. The number of rotatable bonds is 16. The maximum absolute atomic E-state index is 12.9. The van der Waals surface area contributed by atoms with Gasteiger partial charge < -0.3 is 30.4 Å². The molecule has 1 aliphatic heterocycles. The van der Waals surface area contributed by atoms with Crippen molar-refractivity contribution >= 4 is 30.7 Å². The fourth-order valence-electron chi connectivity index (χ4n) is 4.91. The number of amides is 1. The SMILES string of the molecule is COCCCOc1cc(C[C@@H](C[C@H](N)[C@@H](O)CNC(=O)C(C)(C)N2CCCCC2)C(C)C)ccc1OC.Cl.Cl. The molecule has 0 unspecified atom stereocenters. The van der Waals surface area contributed by atoms with Crippen LogP contribution in [0.4, 0.5) is 0 Å². The van der Waals surface area contributed by atoms with E-state index in [1.807, 2.05) is 26.0 Å². The normalized spacial score (nSPS) is 16.4. The predicted molar refractivity (Wildman–Crippen MR) is 163 cm³/mol. The number of hydrogen-bond acceptors (Lipinski definition) is 7. The van der Waals surface area contributed by atoms with Gasteiger partial charge in [0.05, 0.1) is 25.4 Å². The van der Waals surface area contributed by atoms with Crippen LogP contribution < -0.4 is 20.5 Å². The third-order valence-corrected chi connectivity index (χ3v) is 7.66. The quantitative estimate of drug-likeness (QED) is 0.246. The van der Waals surface area contributed by atoms with E-state index >= 15 is 0 Å². The molecule has 1 fully saturated rings. The lowest BCUT2D eigenvalue weighted by molar-refractivity contribution is -0.132.